The van der Waals surface area contributed by atoms with Gasteiger partial charge in [-0.15, -0.1) is 0 Å². The zero-order valence-electron chi connectivity index (χ0n) is 12.7. The van der Waals surface area contributed by atoms with Crippen molar-refractivity contribution in [3.05, 3.63) is 46.1 Å². The van der Waals surface area contributed by atoms with E-state index in [9.17, 15) is 10.1 Å². The average molecular weight is 301 g/mol. The summed E-state index contributed by atoms with van der Waals surface area (Å²) in [6.07, 6.45) is 0.941. The van der Waals surface area contributed by atoms with Gasteiger partial charge in [0.25, 0.3) is 0 Å². The van der Waals surface area contributed by atoms with E-state index in [1.54, 1.807) is 18.7 Å². The largest absolute Gasteiger partial charge is 0.369 e. The van der Waals surface area contributed by atoms with E-state index in [2.05, 4.69) is 27.4 Å². The number of anilines is 2. The summed E-state index contributed by atoms with van der Waals surface area (Å²) in [5.41, 5.74) is 1.69. The number of hydrogen-bond donors (Lipinski definition) is 1. The summed E-state index contributed by atoms with van der Waals surface area (Å²) in [6, 6.07) is 10.4. The van der Waals surface area contributed by atoms with Crippen molar-refractivity contribution in [3.63, 3.8) is 0 Å². The van der Waals surface area contributed by atoms with Crippen LogP contribution in [-0.4, -0.2) is 33.8 Å². The van der Waals surface area contributed by atoms with Gasteiger partial charge >= 0.3 is 5.69 Å². The van der Waals surface area contributed by atoms with Crippen LogP contribution in [0.4, 0.5) is 17.2 Å². The van der Waals surface area contributed by atoms with Crippen LogP contribution in [0.25, 0.3) is 0 Å². The lowest BCUT2D eigenvalue weighted by molar-refractivity contribution is -0.384. The van der Waals surface area contributed by atoms with Gasteiger partial charge in [0, 0.05) is 31.9 Å². The Morgan fingerprint density at radius 3 is 2.77 bits per heavy atom. The highest BCUT2D eigenvalue weighted by molar-refractivity contribution is 5.60. The maximum atomic E-state index is 11.2. The molecular weight excluding hydrogens is 282 g/mol. The molecule has 0 saturated carbocycles. The number of rotatable bonds is 4. The Hall–Kier alpha value is -2.57. The summed E-state index contributed by atoms with van der Waals surface area (Å²) in [5, 5.41) is 18.7. The number of benzene rings is 1. The minimum atomic E-state index is -0.366. The lowest BCUT2D eigenvalue weighted by atomic mass is 10.2. The van der Waals surface area contributed by atoms with Gasteiger partial charge in [-0.05, 0) is 25.5 Å². The Bertz CT molecular complexity index is 683. The Morgan fingerprint density at radius 1 is 1.36 bits per heavy atom. The van der Waals surface area contributed by atoms with E-state index in [4.69, 9.17) is 0 Å². The molecule has 0 amide bonds. The van der Waals surface area contributed by atoms with Gasteiger partial charge in [0.05, 0.1) is 4.92 Å². The highest BCUT2D eigenvalue weighted by Gasteiger charge is 2.29. The van der Waals surface area contributed by atoms with Crippen molar-refractivity contribution >= 4 is 17.2 Å². The second-order valence-corrected chi connectivity index (χ2v) is 5.57. The molecule has 1 aromatic heterocycles. The molecule has 1 aromatic carbocycles. The molecule has 1 atom stereocenters. The molecule has 7 heteroatoms. The van der Waals surface area contributed by atoms with Crippen LogP contribution in [-0.2, 0) is 7.05 Å². The maximum absolute atomic E-state index is 11.2. The molecule has 1 fully saturated rings. The Labute approximate surface area is 128 Å². The molecule has 1 aliphatic heterocycles. The Morgan fingerprint density at radius 2 is 2.09 bits per heavy atom. The van der Waals surface area contributed by atoms with E-state index in [1.165, 1.54) is 5.69 Å². The van der Waals surface area contributed by atoms with E-state index in [0.717, 1.165) is 19.5 Å². The van der Waals surface area contributed by atoms with Crippen molar-refractivity contribution in [3.8, 4) is 0 Å². The summed E-state index contributed by atoms with van der Waals surface area (Å²) in [5.74, 6) is 0.488. The van der Waals surface area contributed by atoms with E-state index in [1.807, 2.05) is 18.2 Å². The summed E-state index contributed by atoms with van der Waals surface area (Å²) in [7, 11) is 1.73. The molecule has 0 bridgehead atoms. The number of nitrogens with zero attached hydrogens (tertiary/aromatic N) is 4. The summed E-state index contributed by atoms with van der Waals surface area (Å²) >= 11 is 0. The first-order valence-corrected chi connectivity index (χ1v) is 7.31. The zero-order valence-corrected chi connectivity index (χ0v) is 12.7. The van der Waals surface area contributed by atoms with Crippen LogP contribution in [0, 0.1) is 17.0 Å². The zero-order chi connectivity index (χ0) is 15.7. The summed E-state index contributed by atoms with van der Waals surface area (Å²) in [6.45, 7) is 3.42. The van der Waals surface area contributed by atoms with Crippen molar-refractivity contribution in [2.24, 2.45) is 7.05 Å². The molecule has 7 nitrogen and oxygen atoms in total. The molecule has 116 valence electrons. The quantitative estimate of drug-likeness (QED) is 0.693. The van der Waals surface area contributed by atoms with Gasteiger partial charge in [-0.1, -0.05) is 18.2 Å². The van der Waals surface area contributed by atoms with Crippen molar-refractivity contribution in [1.29, 1.82) is 0 Å². The fraction of sp³-hybridized carbons (Fsp3) is 0.400. The van der Waals surface area contributed by atoms with Crippen LogP contribution in [0.2, 0.25) is 0 Å². The number of aromatic nitrogens is 2. The predicted octanol–water partition coefficient (Wildman–Crippen LogP) is 2.33. The van der Waals surface area contributed by atoms with E-state index < -0.39 is 0 Å². The van der Waals surface area contributed by atoms with Crippen molar-refractivity contribution in [1.82, 2.24) is 9.78 Å². The average Bonchev–Trinajstić information content (AvgIpc) is 3.05. The van der Waals surface area contributed by atoms with Gasteiger partial charge in [-0.3, -0.25) is 10.1 Å². The van der Waals surface area contributed by atoms with Gasteiger partial charge in [0.2, 0.25) is 5.82 Å². The van der Waals surface area contributed by atoms with Crippen LogP contribution in [0.3, 0.4) is 0 Å². The standard InChI is InChI=1S/C15H19N5O2/c1-11-14(20(21)22)15(18(2)17-11)16-12-8-9-19(10-12)13-6-4-3-5-7-13/h3-7,12,16H,8-10H2,1-2H3. The molecular formula is C15H19N5O2. The van der Waals surface area contributed by atoms with Crippen LogP contribution >= 0.6 is 0 Å². The van der Waals surface area contributed by atoms with E-state index >= 15 is 0 Å². The molecule has 3 rings (SSSR count). The second kappa shape index (κ2) is 5.67. The molecule has 22 heavy (non-hydrogen) atoms. The van der Waals surface area contributed by atoms with Crippen LogP contribution in [0.5, 0.6) is 0 Å². The van der Waals surface area contributed by atoms with Gasteiger partial charge in [-0.2, -0.15) is 5.10 Å². The van der Waals surface area contributed by atoms with E-state index in [-0.39, 0.29) is 16.7 Å². The fourth-order valence-electron chi connectivity index (χ4n) is 2.97. The van der Waals surface area contributed by atoms with Gasteiger partial charge in [0.15, 0.2) is 0 Å². The number of para-hydroxylation sites is 1. The molecule has 1 aliphatic rings. The third kappa shape index (κ3) is 2.61. The first-order chi connectivity index (χ1) is 10.6. The highest BCUT2D eigenvalue weighted by Crippen LogP contribution is 2.30. The topological polar surface area (TPSA) is 76.2 Å². The summed E-state index contributed by atoms with van der Waals surface area (Å²) < 4.78 is 1.55. The second-order valence-electron chi connectivity index (χ2n) is 5.57. The first-order valence-electron chi connectivity index (χ1n) is 7.31. The Balaban J connectivity index is 1.75. The number of nitrogens with one attached hydrogen (secondary N) is 1. The first kappa shape index (κ1) is 14.4. The summed E-state index contributed by atoms with van der Waals surface area (Å²) in [4.78, 5) is 13.1. The maximum Gasteiger partial charge on any atom is 0.333 e. The fourth-order valence-corrected chi connectivity index (χ4v) is 2.97. The van der Waals surface area contributed by atoms with Crippen molar-refractivity contribution < 1.29 is 4.92 Å². The molecule has 2 aromatic rings. The van der Waals surface area contributed by atoms with Crippen LogP contribution < -0.4 is 10.2 Å². The highest BCUT2D eigenvalue weighted by atomic mass is 16.6. The molecule has 1 saturated heterocycles. The lowest BCUT2D eigenvalue weighted by Gasteiger charge is -2.19. The third-order valence-corrected chi connectivity index (χ3v) is 4.02. The van der Waals surface area contributed by atoms with Gasteiger partial charge < -0.3 is 10.2 Å². The normalized spacial score (nSPS) is 17.7. The number of nitro groups is 1. The van der Waals surface area contributed by atoms with Crippen molar-refractivity contribution in [2.75, 3.05) is 23.3 Å². The van der Waals surface area contributed by atoms with Crippen molar-refractivity contribution in [2.45, 2.75) is 19.4 Å². The predicted molar refractivity (Wildman–Crippen MR) is 85.3 cm³/mol. The SMILES string of the molecule is Cc1nn(C)c(NC2CCN(c3ccccc3)C2)c1[N+](=O)[O-]. The minimum absolute atomic E-state index is 0.0701. The lowest BCUT2D eigenvalue weighted by Crippen LogP contribution is -2.27. The number of hydrogen-bond acceptors (Lipinski definition) is 5. The van der Waals surface area contributed by atoms with Gasteiger partial charge in [-0.25, -0.2) is 4.68 Å². The van der Waals surface area contributed by atoms with E-state index in [0.29, 0.717) is 11.5 Å². The monoisotopic (exact) mass is 301 g/mol. The molecule has 0 aliphatic carbocycles. The third-order valence-electron chi connectivity index (χ3n) is 4.02. The molecule has 0 radical (unpaired) electrons. The smallest absolute Gasteiger partial charge is 0.333 e. The molecule has 1 N–H and O–H groups in total. The van der Waals surface area contributed by atoms with Crippen LogP contribution in [0.1, 0.15) is 12.1 Å². The van der Waals surface area contributed by atoms with Crippen LogP contribution in [0.15, 0.2) is 30.3 Å². The number of aryl methyl sites for hydroxylation is 2. The molecule has 0 spiro atoms. The molecule has 2 heterocycles. The molecule has 1 unspecified atom stereocenters. The Kier molecular flexibility index (Phi) is 3.70. The minimum Gasteiger partial charge on any atom is -0.369 e. The van der Waals surface area contributed by atoms with Gasteiger partial charge in [0.1, 0.15) is 5.69 Å².